The lowest BCUT2D eigenvalue weighted by atomic mass is 9.87. The van der Waals surface area contributed by atoms with Crippen molar-refractivity contribution in [2.24, 2.45) is 5.92 Å². The number of nitrogens with one attached hydrogen (secondary N) is 1. The number of carbonyl (C=O) groups is 3. The molecule has 3 aromatic rings. The van der Waals surface area contributed by atoms with Gasteiger partial charge in [-0.25, -0.2) is 4.79 Å². The molecule has 7 heteroatoms. The molecular formula is C31H32N2O5. The van der Waals surface area contributed by atoms with Gasteiger partial charge in [0, 0.05) is 32.7 Å². The van der Waals surface area contributed by atoms with Crippen LogP contribution >= 0.6 is 0 Å². The molecule has 2 N–H and O–H groups in total. The molecule has 0 bridgehead atoms. The highest BCUT2D eigenvalue weighted by Crippen LogP contribution is 2.47. The minimum absolute atomic E-state index is 0.0154. The average molecular weight is 513 g/mol. The van der Waals surface area contributed by atoms with Crippen LogP contribution in [-0.2, 0) is 33.8 Å². The highest BCUT2D eigenvalue weighted by Gasteiger charge is 2.43. The summed E-state index contributed by atoms with van der Waals surface area (Å²) in [6.45, 7) is 1.79. The maximum atomic E-state index is 13.0. The summed E-state index contributed by atoms with van der Waals surface area (Å²) in [5, 5.41) is 12.6. The number of fused-ring (bicyclic) bond motifs is 1. The van der Waals surface area contributed by atoms with E-state index in [-0.39, 0.29) is 29.2 Å². The van der Waals surface area contributed by atoms with E-state index in [0.29, 0.717) is 39.1 Å². The second-order valence-electron chi connectivity index (χ2n) is 10.0. The van der Waals surface area contributed by atoms with Crippen LogP contribution in [-0.4, -0.2) is 48.1 Å². The number of methoxy groups -OCH3 is 1. The van der Waals surface area contributed by atoms with E-state index in [9.17, 15) is 19.5 Å². The number of aromatic carboxylic acids is 1. The second-order valence-corrected chi connectivity index (χ2v) is 10.0. The summed E-state index contributed by atoms with van der Waals surface area (Å²) >= 11 is 0. The molecule has 196 valence electrons. The third kappa shape index (κ3) is 5.48. The van der Waals surface area contributed by atoms with Gasteiger partial charge in [-0.3, -0.25) is 9.59 Å². The second kappa shape index (κ2) is 11.2. The third-order valence-corrected chi connectivity index (χ3v) is 7.61. The Morgan fingerprint density at radius 2 is 1.84 bits per heavy atom. The quantitative estimate of drug-likeness (QED) is 0.443. The van der Waals surface area contributed by atoms with E-state index in [4.69, 9.17) is 4.74 Å². The zero-order chi connectivity index (χ0) is 26.6. The van der Waals surface area contributed by atoms with Crippen LogP contribution in [0.5, 0.6) is 0 Å². The normalized spacial score (nSPS) is 18.0. The number of rotatable bonds is 9. The minimum Gasteiger partial charge on any atom is -0.478 e. The number of benzene rings is 3. The molecule has 7 nitrogen and oxygen atoms in total. The fourth-order valence-electron chi connectivity index (χ4n) is 5.42. The molecule has 2 atom stereocenters. The molecule has 1 heterocycles. The number of carbonyl (C=O) groups excluding carboxylic acids is 2. The lowest BCUT2D eigenvalue weighted by molar-refractivity contribution is -0.133. The topological polar surface area (TPSA) is 95.9 Å². The largest absolute Gasteiger partial charge is 0.478 e. The zero-order valence-electron chi connectivity index (χ0n) is 21.5. The van der Waals surface area contributed by atoms with Crippen LogP contribution in [0.15, 0.2) is 66.7 Å². The van der Waals surface area contributed by atoms with E-state index in [2.05, 4.69) is 17.4 Å². The molecule has 1 fully saturated rings. The van der Waals surface area contributed by atoms with Crippen LogP contribution < -0.4 is 5.32 Å². The van der Waals surface area contributed by atoms with Crippen molar-refractivity contribution >= 4 is 17.8 Å². The van der Waals surface area contributed by atoms with Crippen LogP contribution in [0.25, 0.3) is 11.1 Å². The van der Waals surface area contributed by atoms with E-state index in [1.165, 1.54) is 5.56 Å². The van der Waals surface area contributed by atoms with Gasteiger partial charge in [0.25, 0.3) is 0 Å². The molecule has 2 aliphatic rings. The lowest BCUT2D eigenvalue weighted by Crippen LogP contribution is -2.37. The van der Waals surface area contributed by atoms with Crippen molar-refractivity contribution in [2.45, 2.75) is 38.3 Å². The molecule has 0 spiro atoms. The number of hydrogen-bond donors (Lipinski definition) is 2. The Bertz CT molecular complexity index is 1350. The van der Waals surface area contributed by atoms with Crippen LogP contribution in [0, 0.1) is 5.92 Å². The first-order valence-electron chi connectivity index (χ1n) is 13.0. The van der Waals surface area contributed by atoms with Gasteiger partial charge in [-0.05, 0) is 64.3 Å². The summed E-state index contributed by atoms with van der Waals surface area (Å²) in [6.07, 6.45) is 1.83. The van der Waals surface area contributed by atoms with Crippen LogP contribution in [0.3, 0.4) is 0 Å². The fourth-order valence-corrected chi connectivity index (χ4v) is 5.42. The molecule has 0 saturated heterocycles. The summed E-state index contributed by atoms with van der Waals surface area (Å²) in [5.74, 6) is -0.630. The van der Waals surface area contributed by atoms with Crippen molar-refractivity contribution in [3.8, 4) is 11.1 Å². The Morgan fingerprint density at radius 3 is 2.61 bits per heavy atom. The van der Waals surface area contributed by atoms with Gasteiger partial charge >= 0.3 is 5.97 Å². The molecular weight excluding hydrogens is 480 g/mol. The molecule has 0 aromatic heterocycles. The van der Waals surface area contributed by atoms with Gasteiger partial charge in [0.2, 0.25) is 11.8 Å². The van der Waals surface area contributed by atoms with Gasteiger partial charge < -0.3 is 20.1 Å². The van der Waals surface area contributed by atoms with Crippen molar-refractivity contribution in [1.29, 1.82) is 0 Å². The number of carboxylic acid groups (broad SMARTS) is 1. The standard InChI is InChI=1S/C31H32N2O5/c1-38-15-13-29(34)33-14-12-25-24(21-8-5-9-22(16-21)31(36)37)11-10-23(28(25)19-33)18-32-30(35)27-17-26(27)20-6-3-2-4-7-20/h2-11,16,26-27H,12-15,17-19H2,1H3,(H,32,35)(H,36,37)/t26-,27-/m0/s1. The first-order valence-corrected chi connectivity index (χ1v) is 13.0. The molecule has 3 aromatic carbocycles. The Kier molecular flexibility index (Phi) is 7.56. The molecule has 5 rings (SSSR count). The lowest BCUT2D eigenvalue weighted by Gasteiger charge is -2.32. The van der Waals surface area contributed by atoms with Crippen molar-refractivity contribution in [1.82, 2.24) is 10.2 Å². The van der Waals surface area contributed by atoms with Crippen LogP contribution in [0.4, 0.5) is 0 Å². The first-order chi connectivity index (χ1) is 18.5. The third-order valence-electron chi connectivity index (χ3n) is 7.61. The molecule has 0 radical (unpaired) electrons. The summed E-state index contributed by atoms with van der Waals surface area (Å²) in [6, 6.07) is 21.1. The number of carboxylic acids is 1. The Labute approximate surface area is 222 Å². The Hall–Kier alpha value is -3.97. The van der Waals surface area contributed by atoms with Gasteiger partial charge in [-0.15, -0.1) is 0 Å². The molecule has 1 saturated carbocycles. The van der Waals surface area contributed by atoms with Crippen LogP contribution in [0.2, 0.25) is 0 Å². The number of amides is 2. The van der Waals surface area contributed by atoms with Gasteiger partial charge in [-0.2, -0.15) is 0 Å². The van der Waals surface area contributed by atoms with Gasteiger partial charge in [-0.1, -0.05) is 54.6 Å². The van der Waals surface area contributed by atoms with E-state index < -0.39 is 5.97 Å². The fraction of sp³-hybridized carbons (Fsp3) is 0.323. The van der Waals surface area contributed by atoms with E-state index in [0.717, 1.165) is 34.2 Å². The molecule has 38 heavy (non-hydrogen) atoms. The van der Waals surface area contributed by atoms with Crippen molar-refractivity contribution < 1.29 is 24.2 Å². The number of ether oxygens (including phenoxy) is 1. The molecule has 1 aliphatic heterocycles. The number of hydrogen-bond acceptors (Lipinski definition) is 4. The predicted octanol–water partition coefficient (Wildman–Crippen LogP) is 4.39. The summed E-state index contributed by atoms with van der Waals surface area (Å²) in [4.78, 5) is 39.2. The van der Waals surface area contributed by atoms with Crippen molar-refractivity contribution in [2.75, 3.05) is 20.3 Å². The smallest absolute Gasteiger partial charge is 0.335 e. The SMILES string of the molecule is COCCC(=O)N1CCc2c(-c3cccc(C(=O)O)c3)ccc(CNC(=O)[C@H]3C[C@H]3c3ccccc3)c2C1. The van der Waals surface area contributed by atoms with Crippen molar-refractivity contribution in [3.05, 3.63) is 94.5 Å². The molecule has 2 amide bonds. The van der Waals surface area contributed by atoms with E-state index in [1.807, 2.05) is 41.3 Å². The minimum atomic E-state index is -0.969. The predicted molar refractivity (Wildman–Crippen MR) is 144 cm³/mol. The Balaban J connectivity index is 1.39. The highest BCUT2D eigenvalue weighted by molar-refractivity contribution is 5.90. The maximum Gasteiger partial charge on any atom is 0.335 e. The summed E-state index contributed by atoms with van der Waals surface area (Å²) < 4.78 is 5.09. The van der Waals surface area contributed by atoms with E-state index >= 15 is 0 Å². The summed E-state index contributed by atoms with van der Waals surface area (Å²) in [7, 11) is 1.58. The van der Waals surface area contributed by atoms with Gasteiger partial charge in [0.15, 0.2) is 0 Å². The average Bonchev–Trinajstić information content (AvgIpc) is 3.76. The first kappa shape index (κ1) is 25.7. The van der Waals surface area contributed by atoms with Crippen LogP contribution in [0.1, 0.15) is 51.4 Å². The van der Waals surface area contributed by atoms with E-state index in [1.54, 1.807) is 25.3 Å². The van der Waals surface area contributed by atoms with Crippen molar-refractivity contribution in [3.63, 3.8) is 0 Å². The maximum absolute atomic E-state index is 13.0. The zero-order valence-corrected chi connectivity index (χ0v) is 21.5. The Morgan fingerprint density at radius 1 is 1.03 bits per heavy atom. The monoisotopic (exact) mass is 512 g/mol. The highest BCUT2D eigenvalue weighted by atomic mass is 16.5. The molecule has 1 aliphatic carbocycles. The van der Waals surface area contributed by atoms with Gasteiger partial charge in [0.05, 0.1) is 18.6 Å². The number of nitrogens with zero attached hydrogens (tertiary/aromatic N) is 1. The molecule has 0 unspecified atom stereocenters. The van der Waals surface area contributed by atoms with Gasteiger partial charge in [0.1, 0.15) is 0 Å². The summed E-state index contributed by atoms with van der Waals surface area (Å²) in [5.41, 5.74) is 6.33.